The van der Waals surface area contributed by atoms with Crippen LogP contribution in [0.2, 0.25) is 0 Å². The van der Waals surface area contributed by atoms with Gasteiger partial charge in [-0.2, -0.15) is 0 Å². The Kier molecular flexibility index (Phi) is 2.45. The molecule has 0 radical (unpaired) electrons. The number of carbonyl (C=O) groups excluding carboxylic acids is 1. The molecule has 10 heavy (non-hydrogen) atoms. The van der Waals surface area contributed by atoms with Gasteiger partial charge in [-0.1, -0.05) is 6.08 Å². The van der Waals surface area contributed by atoms with Gasteiger partial charge in [0.1, 0.15) is 12.7 Å². The third-order valence-electron chi connectivity index (χ3n) is 1.38. The summed E-state index contributed by atoms with van der Waals surface area (Å²) in [6, 6.07) is 0. The van der Waals surface area contributed by atoms with Gasteiger partial charge in [0.15, 0.2) is 0 Å². The summed E-state index contributed by atoms with van der Waals surface area (Å²) < 4.78 is 4.78. The van der Waals surface area contributed by atoms with Crippen molar-refractivity contribution in [2.24, 2.45) is 0 Å². The van der Waals surface area contributed by atoms with Crippen LogP contribution in [0.1, 0.15) is 12.8 Å². The lowest BCUT2D eigenvalue weighted by Gasteiger charge is -2.07. The molecular formula is C7H10O3. The summed E-state index contributed by atoms with van der Waals surface area (Å²) in [5.74, 6) is -0.545. The molecule has 3 nitrogen and oxygen atoms in total. The van der Waals surface area contributed by atoms with E-state index < -0.39 is 12.6 Å². The number of ether oxygens (including phenoxy) is 1. The predicted octanol–water partition coefficient (Wildman–Crippen LogP) is 0.240. The van der Waals surface area contributed by atoms with E-state index in [9.17, 15) is 4.79 Å². The number of aliphatic hydroxyl groups excluding tert-OH is 1. The molecule has 0 amide bonds. The van der Waals surface area contributed by atoms with Crippen LogP contribution in [0.15, 0.2) is 12.2 Å². The van der Waals surface area contributed by atoms with Gasteiger partial charge < -0.3 is 9.84 Å². The number of aliphatic hydroxyl groups is 1. The summed E-state index contributed by atoms with van der Waals surface area (Å²) in [4.78, 5) is 10.5. The molecule has 1 aliphatic carbocycles. The molecule has 0 bridgehead atoms. The first kappa shape index (κ1) is 7.28. The van der Waals surface area contributed by atoms with Gasteiger partial charge in [-0.3, -0.25) is 0 Å². The molecule has 0 aromatic heterocycles. The summed E-state index contributed by atoms with van der Waals surface area (Å²) in [7, 11) is 0. The van der Waals surface area contributed by atoms with Gasteiger partial charge in [-0.15, -0.1) is 0 Å². The summed E-state index contributed by atoms with van der Waals surface area (Å²) in [6.45, 7) is -0.523. The van der Waals surface area contributed by atoms with Crippen LogP contribution in [-0.2, 0) is 9.53 Å². The largest absolute Gasteiger partial charge is 0.456 e. The zero-order valence-electron chi connectivity index (χ0n) is 5.62. The Morgan fingerprint density at radius 2 is 2.60 bits per heavy atom. The molecule has 3 heteroatoms. The zero-order valence-corrected chi connectivity index (χ0v) is 5.62. The summed E-state index contributed by atoms with van der Waals surface area (Å²) in [5, 5.41) is 8.30. The molecule has 56 valence electrons. The molecule has 1 aliphatic rings. The minimum atomic E-state index is -0.545. The van der Waals surface area contributed by atoms with Crippen molar-refractivity contribution in [1.29, 1.82) is 0 Å². The standard InChI is InChI=1S/C7H10O3/c8-5-7(9)10-6-3-1-2-4-6/h1,3,6,8H,2,4-5H2. The Balaban J connectivity index is 2.24. The highest BCUT2D eigenvalue weighted by Crippen LogP contribution is 2.12. The molecule has 0 saturated heterocycles. The fraction of sp³-hybridized carbons (Fsp3) is 0.571. The highest BCUT2D eigenvalue weighted by molar-refractivity contribution is 5.70. The molecule has 1 atom stereocenters. The molecular weight excluding hydrogens is 132 g/mol. The Morgan fingerprint density at radius 3 is 3.10 bits per heavy atom. The Hall–Kier alpha value is -0.830. The minimum Gasteiger partial charge on any atom is -0.456 e. The van der Waals surface area contributed by atoms with Crippen LogP contribution in [0, 0.1) is 0 Å². The third kappa shape index (κ3) is 1.84. The van der Waals surface area contributed by atoms with Gasteiger partial charge in [0.05, 0.1) is 0 Å². The maximum absolute atomic E-state index is 10.5. The quantitative estimate of drug-likeness (QED) is 0.443. The number of esters is 1. The molecule has 0 fully saturated rings. The van der Waals surface area contributed by atoms with E-state index in [1.807, 2.05) is 12.2 Å². The second kappa shape index (κ2) is 3.37. The maximum atomic E-state index is 10.5. The minimum absolute atomic E-state index is 0.0975. The number of carbonyl (C=O) groups is 1. The summed E-state index contributed by atoms with van der Waals surface area (Å²) >= 11 is 0. The second-order valence-corrected chi connectivity index (χ2v) is 2.19. The van der Waals surface area contributed by atoms with Gasteiger partial charge in [0.2, 0.25) is 0 Å². The van der Waals surface area contributed by atoms with Crippen molar-refractivity contribution in [2.45, 2.75) is 18.9 Å². The smallest absolute Gasteiger partial charge is 0.332 e. The van der Waals surface area contributed by atoms with Crippen molar-refractivity contribution < 1.29 is 14.6 Å². The number of hydrogen-bond donors (Lipinski definition) is 1. The first-order valence-electron chi connectivity index (χ1n) is 3.30. The van der Waals surface area contributed by atoms with Crippen LogP contribution in [0.25, 0.3) is 0 Å². The number of rotatable bonds is 2. The first-order chi connectivity index (χ1) is 4.83. The normalized spacial score (nSPS) is 23.1. The van der Waals surface area contributed by atoms with Gasteiger partial charge in [0, 0.05) is 0 Å². The molecule has 0 spiro atoms. The van der Waals surface area contributed by atoms with E-state index in [1.165, 1.54) is 0 Å². The monoisotopic (exact) mass is 142 g/mol. The molecule has 1 rings (SSSR count). The maximum Gasteiger partial charge on any atom is 0.332 e. The molecule has 0 saturated carbocycles. The van der Waals surface area contributed by atoms with E-state index in [4.69, 9.17) is 9.84 Å². The lowest BCUT2D eigenvalue weighted by atomic mass is 10.3. The van der Waals surface area contributed by atoms with Gasteiger partial charge in [-0.25, -0.2) is 4.79 Å². The van der Waals surface area contributed by atoms with Gasteiger partial charge in [-0.05, 0) is 18.9 Å². The van der Waals surface area contributed by atoms with Crippen LogP contribution in [0.5, 0.6) is 0 Å². The van der Waals surface area contributed by atoms with Gasteiger partial charge >= 0.3 is 5.97 Å². The molecule has 1 N–H and O–H groups in total. The molecule has 1 unspecified atom stereocenters. The lowest BCUT2D eigenvalue weighted by Crippen LogP contribution is -2.16. The van der Waals surface area contributed by atoms with E-state index in [0.717, 1.165) is 12.8 Å². The van der Waals surface area contributed by atoms with E-state index in [0.29, 0.717) is 0 Å². The predicted molar refractivity (Wildman–Crippen MR) is 35.3 cm³/mol. The lowest BCUT2D eigenvalue weighted by molar-refractivity contribution is -0.150. The van der Waals surface area contributed by atoms with Crippen molar-refractivity contribution in [3.8, 4) is 0 Å². The highest BCUT2D eigenvalue weighted by Gasteiger charge is 2.12. The van der Waals surface area contributed by atoms with Crippen LogP contribution >= 0.6 is 0 Å². The van der Waals surface area contributed by atoms with E-state index >= 15 is 0 Å². The van der Waals surface area contributed by atoms with Gasteiger partial charge in [0.25, 0.3) is 0 Å². The summed E-state index contributed by atoms with van der Waals surface area (Å²) in [6.07, 6.45) is 5.53. The number of hydrogen-bond acceptors (Lipinski definition) is 3. The van der Waals surface area contributed by atoms with Crippen LogP contribution in [-0.4, -0.2) is 23.8 Å². The summed E-state index contributed by atoms with van der Waals surface area (Å²) in [5.41, 5.74) is 0. The van der Waals surface area contributed by atoms with E-state index in [2.05, 4.69) is 0 Å². The van der Waals surface area contributed by atoms with Crippen molar-refractivity contribution in [2.75, 3.05) is 6.61 Å². The highest BCUT2D eigenvalue weighted by atomic mass is 16.6. The fourth-order valence-corrected chi connectivity index (χ4v) is 0.909. The van der Waals surface area contributed by atoms with Crippen molar-refractivity contribution in [3.63, 3.8) is 0 Å². The number of allylic oxidation sites excluding steroid dienone is 1. The Bertz CT molecular complexity index is 151. The molecule has 0 aromatic carbocycles. The second-order valence-electron chi connectivity index (χ2n) is 2.19. The van der Waals surface area contributed by atoms with Crippen molar-refractivity contribution in [3.05, 3.63) is 12.2 Å². The molecule has 0 aromatic rings. The Labute approximate surface area is 59.3 Å². The fourth-order valence-electron chi connectivity index (χ4n) is 0.909. The van der Waals surface area contributed by atoms with Crippen LogP contribution in [0.3, 0.4) is 0 Å². The average molecular weight is 142 g/mol. The van der Waals surface area contributed by atoms with E-state index in [-0.39, 0.29) is 6.10 Å². The van der Waals surface area contributed by atoms with E-state index in [1.54, 1.807) is 0 Å². The third-order valence-corrected chi connectivity index (χ3v) is 1.38. The van der Waals surface area contributed by atoms with Crippen LogP contribution < -0.4 is 0 Å². The average Bonchev–Trinajstić information content (AvgIpc) is 2.40. The Morgan fingerprint density at radius 1 is 1.80 bits per heavy atom. The SMILES string of the molecule is O=C(CO)OC1C=CCC1. The zero-order chi connectivity index (χ0) is 7.40. The molecule has 0 aliphatic heterocycles. The van der Waals surface area contributed by atoms with Crippen molar-refractivity contribution in [1.82, 2.24) is 0 Å². The first-order valence-corrected chi connectivity index (χ1v) is 3.30. The van der Waals surface area contributed by atoms with Crippen molar-refractivity contribution >= 4 is 5.97 Å². The van der Waals surface area contributed by atoms with Crippen LogP contribution in [0.4, 0.5) is 0 Å². The topological polar surface area (TPSA) is 46.5 Å². The molecule has 0 heterocycles.